The van der Waals surface area contributed by atoms with Crippen molar-refractivity contribution in [1.29, 1.82) is 0 Å². The highest BCUT2D eigenvalue weighted by molar-refractivity contribution is 6.32. The van der Waals surface area contributed by atoms with E-state index in [2.05, 4.69) is 0 Å². The van der Waals surface area contributed by atoms with Crippen molar-refractivity contribution in [2.24, 2.45) is 0 Å². The normalized spacial score (nSPS) is 15.4. The van der Waals surface area contributed by atoms with E-state index in [0.717, 1.165) is 11.3 Å². The van der Waals surface area contributed by atoms with E-state index in [1.165, 1.54) is 26.0 Å². The standard InChI is InChI=1S/C22H20ClNO6/c1-12(20(26)15-3-4-18-14(9-15)5-6-24(18)13(2)25)30-22(27)16-10-17(23)21-19(11-16)28-7-8-29-21/h3-4,9-12H,5-8H2,1-2H3/t12-/m1/s1. The van der Waals surface area contributed by atoms with Gasteiger partial charge in [0, 0.05) is 24.7 Å². The highest BCUT2D eigenvalue weighted by Crippen LogP contribution is 2.38. The molecule has 0 saturated carbocycles. The molecule has 1 atom stereocenters. The van der Waals surface area contributed by atoms with E-state index in [9.17, 15) is 14.4 Å². The molecule has 0 aromatic heterocycles. The Labute approximate surface area is 178 Å². The highest BCUT2D eigenvalue weighted by atomic mass is 35.5. The van der Waals surface area contributed by atoms with Gasteiger partial charge in [0.05, 0.1) is 10.6 Å². The fourth-order valence-corrected chi connectivity index (χ4v) is 3.89. The van der Waals surface area contributed by atoms with Crippen molar-refractivity contribution in [1.82, 2.24) is 0 Å². The van der Waals surface area contributed by atoms with Crippen LogP contribution in [0.1, 0.15) is 40.1 Å². The summed E-state index contributed by atoms with van der Waals surface area (Å²) in [7, 11) is 0. The summed E-state index contributed by atoms with van der Waals surface area (Å²) in [5, 5.41) is 0.242. The van der Waals surface area contributed by atoms with Crippen LogP contribution in [0.3, 0.4) is 0 Å². The molecule has 4 rings (SSSR count). The number of rotatable bonds is 4. The molecule has 0 saturated heterocycles. The largest absolute Gasteiger partial charge is 0.486 e. The van der Waals surface area contributed by atoms with Gasteiger partial charge in [0.15, 0.2) is 17.6 Å². The second-order valence-corrected chi connectivity index (χ2v) is 7.57. The van der Waals surface area contributed by atoms with Gasteiger partial charge in [-0.05, 0) is 49.2 Å². The van der Waals surface area contributed by atoms with Gasteiger partial charge in [0.25, 0.3) is 0 Å². The van der Waals surface area contributed by atoms with Crippen LogP contribution in [-0.2, 0) is 16.0 Å². The first kappa shape index (κ1) is 20.2. The minimum absolute atomic E-state index is 0.0341. The number of carbonyl (C=O) groups is 3. The summed E-state index contributed by atoms with van der Waals surface area (Å²) in [5.41, 5.74) is 2.34. The van der Waals surface area contributed by atoms with Crippen molar-refractivity contribution in [2.75, 3.05) is 24.7 Å². The van der Waals surface area contributed by atoms with Crippen molar-refractivity contribution < 1.29 is 28.6 Å². The molecule has 0 unspecified atom stereocenters. The molecule has 0 bridgehead atoms. The number of halogens is 1. The highest BCUT2D eigenvalue weighted by Gasteiger charge is 2.27. The fraction of sp³-hybridized carbons (Fsp3) is 0.318. The Morgan fingerprint density at radius 1 is 1.10 bits per heavy atom. The van der Waals surface area contributed by atoms with Crippen LogP contribution in [0.25, 0.3) is 0 Å². The lowest BCUT2D eigenvalue weighted by molar-refractivity contribution is -0.116. The van der Waals surface area contributed by atoms with Gasteiger partial charge in [-0.1, -0.05) is 11.6 Å². The average Bonchev–Trinajstić information content (AvgIpc) is 3.16. The quantitative estimate of drug-likeness (QED) is 0.547. The molecule has 30 heavy (non-hydrogen) atoms. The van der Waals surface area contributed by atoms with E-state index in [4.69, 9.17) is 25.8 Å². The van der Waals surface area contributed by atoms with Crippen molar-refractivity contribution in [3.63, 3.8) is 0 Å². The predicted octanol–water partition coefficient (Wildman–Crippen LogP) is 3.45. The number of amides is 1. The number of ketones is 1. The lowest BCUT2D eigenvalue weighted by Crippen LogP contribution is -2.26. The molecule has 2 aliphatic rings. The van der Waals surface area contributed by atoms with Gasteiger partial charge in [0.2, 0.25) is 11.7 Å². The number of hydrogen-bond donors (Lipinski definition) is 0. The molecule has 2 aromatic rings. The Morgan fingerprint density at radius 2 is 1.87 bits per heavy atom. The molecule has 0 fully saturated rings. The molecular formula is C22H20ClNO6. The summed E-state index contributed by atoms with van der Waals surface area (Å²) < 4.78 is 16.3. The SMILES string of the molecule is CC(=O)N1CCc2cc(C(=O)[C@@H](C)OC(=O)c3cc(Cl)c4c(c3)OCCO4)ccc21. The van der Waals surface area contributed by atoms with E-state index in [1.54, 1.807) is 23.1 Å². The number of Topliss-reactive ketones (excluding diaryl/α,β-unsaturated/α-hetero) is 1. The first-order valence-corrected chi connectivity index (χ1v) is 9.98. The molecule has 2 aliphatic heterocycles. The first-order valence-electron chi connectivity index (χ1n) is 9.60. The molecule has 0 N–H and O–H groups in total. The Morgan fingerprint density at radius 3 is 2.63 bits per heavy atom. The molecule has 1 amide bonds. The fourth-order valence-electron chi connectivity index (χ4n) is 3.63. The molecular weight excluding hydrogens is 410 g/mol. The molecule has 156 valence electrons. The van der Waals surface area contributed by atoms with Gasteiger partial charge in [-0.3, -0.25) is 9.59 Å². The van der Waals surface area contributed by atoms with Crippen LogP contribution in [0.2, 0.25) is 5.02 Å². The van der Waals surface area contributed by atoms with Gasteiger partial charge in [-0.15, -0.1) is 0 Å². The number of anilines is 1. The van der Waals surface area contributed by atoms with Gasteiger partial charge >= 0.3 is 5.97 Å². The maximum Gasteiger partial charge on any atom is 0.339 e. The lowest BCUT2D eigenvalue weighted by Gasteiger charge is -2.20. The minimum Gasteiger partial charge on any atom is -0.486 e. The third-order valence-corrected chi connectivity index (χ3v) is 5.41. The first-order chi connectivity index (χ1) is 14.3. The number of esters is 1. The summed E-state index contributed by atoms with van der Waals surface area (Å²) in [6, 6.07) is 8.08. The van der Waals surface area contributed by atoms with E-state index in [-0.39, 0.29) is 22.3 Å². The molecule has 0 spiro atoms. The van der Waals surface area contributed by atoms with E-state index in [0.29, 0.717) is 43.2 Å². The number of nitrogens with zero attached hydrogens (tertiary/aromatic N) is 1. The van der Waals surface area contributed by atoms with E-state index in [1.807, 2.05) is 0 Å². The summed E-state index contributed by atoms with van der Waals surface area (Å²) in [6.07, 6.45) is -0.312. The maximum atomic E-state index is 12.8. The van der Waals surface area contributed by atoms with Crippen molar-refractivity contribution in [3.05, 3.63) is 52.0 Å². The van der Waals surface area contributed by atoms with Gasteiger partial charge in [-0.2, -0.15) is 0 Å². The molecule has 2 aromatic carbocycles. The monoisotopic (exact) mass is 429 g/mol. The van der Waals surface area contributed by atoms with Crippen LogP contribution in [0.4, 0.5) is 5.69 Å². The van der Waals surface area contributed by atoms with Crippen LogP contribution in [0.15, 0.2) is 30.3 Å². The van der Waals surface area contributed by atoms with E-state index < -0.39 is 12.1 Å². The summed E-state index contributed by atoms with van der Waals surface area (Å²) >= 11 is 6.17. The third kappa shape index (κ3) is 3.73. The Bertz CT molecular complexity index is 1050. The summed E-state index contributed by atoms with van der Waals surface area (Å²) in [6.45, 7) is 4.37. The number of hydrogen-bond acceptors (Lipinski definition) is 6. The van der Waals surface area contributed by atoms with Crippen LogP contribution < -0.4 is 14.4 Å². The van der Waals surface area contributed by atoms with Crippen molar-refractivity contribution in [2.45, 2.75) is 26.4 Å². The van der Waals surface area contributed by atoms with Crippen LogP contribution in [-0.4, -0.2) is 43.5 Å². The Balaban J connectivity index is 1.48. The number of benzene rings is 2. The zero-order chi connectivity index (χ0) is 21.4. The van der Waals surface area contributed by atoms with Crippen molar-refractivity contribution in [3.8, 4) is 11.5 Å². The second kappa shape index (κ2) is 7.99. The van der Waals surface area contributed by atoms with E-state index >= 15 is 0 Å². The molecule has 8 heteroatoms. The molecule has 7 nitrogen and oxygen atoms in total. The average molecular weight is 430 g/mol. The molecule has 2 heterocycles. The van der Waals surface area contributed by atoms with Gasteiger partial charge in [-0.25, -0.2) is 4.79 Å². The van der Waals surface area contributed by atoms with Gasteiger partial charge < -0.3 is 19.1 Å². The minimum atomic E-state index is -0.993. The zero-order valence-electron chi connectivity index (χ0n) is 16.6. The number of ether oxygens (including phenoxy) is 3. The second-order valence-electron chi connectivity index (χ2n) is 7.16. The maximum absolute atomic E-state index is 12.8. The Kier molecular flexibility index (Phi) is 5.39. The summed E-state index contributed by atoms with van der Waals surface area (Å²) in [5.74, 6) is -0.280. The smallest absolute Gasteiger partial charge is 0.339 e. The van der Waals surface area contributed by atoms with Gasteiger partial charge in [0.1, 0.15) is 13.2 Å². The molecule has 0 aliphatic carbocycles. The zero-order valence-corrected chi connectivity index (χ0v) is 17.3. The van der Waals surface area contributed by atoms with Crippen molar-refractivity contribution >= 4 is 34.9 Å². The topological polar surface area (TPSA) is 82.1 Å². The molecule has 0 radical (unpaired) electrons. The Hall–Kier alpha value is -3.06. The lowest BCUT2D eigenvalue weighted by atomic mass is 10.0. The van der Waals surface area contributed by atoms with Crippen LogP contribution in [0.5, 0.6) is 11.5 Å². The number of carbonyl (C=O) groups excluding carboxylic acids is 3. The predicted molar refractivity (Wildman–Crippen MR) is 110 cm³/mol. The third-order valence-electron chi connectivity index (χ3n) is 5.13. The number of fused-ring (bicyclic) bond motifs is 2. The summed E-state index contributed by atoms with van der Waals surface area (Å²) in [4.78, 5) is 38.7. The van der Waals surface area contributed by atoms with Crippen LogP contribution >= 0.6 is 11.6 Å². The van der Waals surface area contributed by atoms with Crippen LogP contribution in [0, 0.1) is 0 Å².